The zero-order chi connectivity index (χ0) is 24.9. The molecule has 1 aliphatic carbocycles. The van der Waals surface area contributed by atoms with Crippen LogP contribution in [-0.2, 0) is 20.9 Å². The van der Waals surface area contributed by atoms with Crippen molar-refractivity contribution in [1.29, 1.82) is 0 Å². The number of rotatable bonds is 9. The number of carbonyl (C=O) groups excluding carboxylic acids is 2. The number of nitrogens with zero attached hydrogens (tertiary/aromatic N) is 5. The molecule has 1 saturated carbocycles. The van der Waals surface area contributed by atoms with Gasteiger partial charge in [0.25, 0.3) is 0 Å². The Kier molecular flexibility index (Phi) is 7.93. The summed E-state index contributed by atoms with van der Waals surface area (Å²) in [4.78, 5) is 31.0. The molecule has 2 atom stereocenters. The second-order valence-corrected chi connectivity index (χ2v) is 10.7. The highest BCUT2D eigenvalue weighted by molar-refractivity contribution is 7.10. The molecule has 2 fully saturated rings. The summed E-state index contributed by atoms with van der Waals surface area (Å²) in [6.07, 6.45) is 5.86. The third kappa shape index (κ3) is 5.93. The lowest BCUT2D eigenvalue weighted by Crippen LogP contribution is -2.49. The fraction of sp³-hybridized carbons (Fsp3) is 0.480. The fourth-order valence-corrected chi connectivity index (χ4v) is 5.78. The fourth-order valence-electron chi connectivity index (χ4n) is 4.82. The Morgan fingerprint density at radius 1 is 1.17 bits per heavy atom. The van der Waals surface area contributed by atoms with Gasteiger partial charge in [-0.25, -0.2) is 0 Å². The van der Waals surface area contributed by atoms with E-state index < -0.39 is 6.04 Å². The van der Waals surface area contributed by atoms with E-state index in [1.807, 2.05) is 17.5 Å². The summed E-state index contributed by atoms with van der Waals surface area (Å²) in [6.45, 7) is 0.865. The van der Waals surface area contributed by atoms with Gasteiger partial charge >= 0.3 is 0 Å². The minimum atomic E-state index is -0.735. The molecule has 190 valence electrons. The van der Waals surface area contributed by atoms with Gasteiger partial charge in [0.1, 0.15) is 12.6 Å². The molecule has 36 heavy (non-hydrogen) atoms. The lowest BCUT2D eigenvalue weighted by atomic mass is 10.1. The third-order valence-corrected chi connectivity index (χ3v) is 7.83. The molecule has 1 aromatic carbocycles. The SMILES string of the molecule is O=C(NC1CCCC1)[C@H](c1cccs1)N(C[C@@H]1CCCO1)C(=O)Cn1nnc(-c2ccc(Cl)cc2)n1. The largest absolute Gasteiger partial charge is 0.376 e. The highest BCUT2D eigenvalue weighted by Crippen LogP contribution is 2.29. The summed E-state index contributed by atoms with van der Waals surface area (Å²) in [5.41, 5.74) is 0.752. The summed E-state index contributed by atoms with van der Waals surface area (Å²) in [6, 6.07) is 10.3. The van der Waals surface area contributed by atoms with E-state index in [1.54, 1.807) is 29.2 Å². The second kappa shape index (κ2) is 11.5. The van der Waals surface area contributed by atoms with E-state index in [9.17, 15) is 9.59 Å². The van der Waals surface area contributed by atoms with E-state index in [0.717, 1.165) is 49.0 Å². The van der Waals surface area contributed by atoms with Gasteiger partial charge in [-0.2, -0.15) is 4.80 Å². The summed E-state index contributed by atoms with van der Waals surface area (Å²) >= 11 is 7.45. The summed E-state index contributed by atoms with van der Waals surface area (Å²) in [5, 5.41) is 18.3. The van der Waals surface area contributed by atoms with Crippen molar-refractivity contribution in [2.75, 3.05) is 13.2 Å². The zero-order valence-corrected chi connectivity index (χ0v) is 21.5. The molecule has 2 aromatic heterocycles. The molecule has 9 nitrogen and oxygen atoms in total. The number of hydrogen-bond donors (Lipinski definition) is 1. The van der Waals surface area contributed by atoms with Gasteiger partial charge in [-0.3, -0.25) is 9.59 Å². The smallest absolute Gasteiger partial charge is 0.248 e. The maximum atomic E-state index is 13.7. The Morgan fingerprint density at radius 3 is 2.67 bits per heavy atom. The van der Waals surface area contributed by atoms with Crippen LogP contribution in [-0.4, -0.2) is 62.2 Å². The molecule has 0 unspecified atom stereocenters. The summed E-state index contributed by atoms with van der Waals surface area (Å²) in [7, 11) is 0. The van der Waals surface area contributed by atoms with Crippen LogP contribution in [0.1, 0.15) is 49.4 Å². The molecule has 3 aromatic rings. The van der Waals surface area contributed by atoms with Gasteiger partial charge in [-0.15, -0.1) is 21.5 Å². The van der Waals surface area contributed by atoms with E-state index in [4.69, 9.17) is 16.3 Å². The molecule has 1 N–H and O–H groups in total. The number of nitrogens with one attached hydrogen (secondary N) is 1. The first-order valence-corrected chi connectivity index (χ1v) is 13.6. The van der Waals surface area contributed by atoms with Crippen molar-refractivity contribution >= 4 is 34.8 Å². The minimum absolute atomic E-state index is 0.107. The van der Waals surface area contributed by atoms with E-state index in [0.29, 0.717) is 24.0 Å². The van der Waals surface area contributed by atoms with Gasteiger partial charge in [-0.05, 0) is 66.6 Å². The molecule has 11 heteroatoms. The monoisotopic (exact) mass is 528 g/mol. The molecule has 5 rings (SSSR count). The standard InChI is InChI=1S/C25H29ClN6O3S/c26-18-11-9-17(10-12-18)24-28-30-32(29-24)16-22(33)31(15-20-7-3-13-35-20)23(21-8-4-14-36-21)25(34)27-19-5-1-2-6-19/h4,8-12,14,19-20,23H,1-3,5-7,13,15-16H2,(H,27,34)/t20-,23-/m0/s1. The van der Waals surface area contributed by atoms with Crippen molar-refractivity contribution in [3.05, 3.63) is 51.7 Å². The Balaban J connectivity index is 1.38. The van der Waals surface area contributed by atoms with Gasteiger partial charge in [0.2, 0.25) is 17.6 Å². The van der Waals surface area contributed by atoms with Crippen LogP contribution in [0.5, 0.6) is 0 Å². The molecule has 3 heterocycles. The third-order valence-electron chi connectivity index (χ3n) is 6.65. The summed E-state index contributed by atoms with van der Waals surface area (Å²) < 4.78 is 5.85. The van der Waals surface area contributed by atoms with Gasteiger partial charge < -0.3 is 15.0 Å². The molecule has 0 bridgehead atoms. The van der Waals surface area contributed by atoms with Gasteiger partial charge in [0, 0.05) is 34.7 Å². The first kappa shape index (κ1) is 24.9. The first-order chi connectivity index (χ1) is 17.6. The lowest BCUT2D eigenvalue weighted by Gasteiger charge is -2.32. The number of hydrogen-bond acceptors (Lipinski definition) is 7. The number of carbonyl (C=O) groups is 2. The molecule has 1 saturated heterocycles. The highest BCUT2D eigenvalue weighted by Gasteiger charge is 2.36. The Hall–Kier alpha value is -2.82. The van der Waals surface area contributed by atoms with Crippen molar-refractivity contribution in [2.24, 2.45) is 0 Å². The zero-order valence-electron chi connectivity index (χ0n) is 19.9. The molecule has 0 spiro atoms. The van der Waals surface area contributed by atoms with Crippen molar-refractivity contribution in [3.63, 3.8) is 0 Å². The average molecular weight is 529 g/mol. The van der Waals surface area contributed by atoms with E-state index in [1.165, 1.54) is 16.1 Å². The van der Waals surface area contributed by atoms with Gasteiger partial charge in [0.05, 0.1) is 6.10 Å². The highest BCUT2D eigenvalue weighted by atomic mass is 35.5. The molecule has 2 aliphatic rings. The number of tetrazole rings is 1. The van der Waals surface area contributed by atoms with Crippen molar-refractivity contribution < 1.29 is 14.3 Å². The van der Waals surface area contributed by atoms with E-state index in [2.05, 4.69) is 20.7 Å². The Bertz CT molecular complexity index is 1160. The number of benzene rings is 1. The number of halogens is 1. The Morgan fingerprint density at radius 2 is 1.97 bits per heavy atom. The quantitative estimate of drug-likeness (QED) is 0.452. The molecule has 2 amide bonds. The second-order valence-electron chi connectivity index (χ2n) is 9.24. The maximum absolute atomic E-state index is 13.7. The number of amides is 2. The first-order valence-electron chi connectivity index (χ1n) is 12.4. The van der Waals surface area contributed by atoms with Crippen LogP contribution in [0.3, 0.4) is 0 Å². The van der Waals surface area contributed by atoms with Crippen LogP contribution in [0.4, 0.5) is 0 Å². The lowest BCUT2D eigenvalue weighted by molar-refractivity contribution is -0.143. The van der Waals surface area contributed by atoms with Crippen LogP contribution >= 0.6 is 22.9 Å². The molecule has 0 radical (unpaired) electrons. The molecular formula is C25H29ClN6O3S. The van der Waals surface area contributed by atoms with Crippen LogP contribution in [0.25, 0.3) is 11.4 Å². The van der Waals surface area contributed by atoms with Crippen LogP contribution in [0.15, 0.2) is 41.8 Å². The van der Waals surface area contributed by atoms with Crippen LogP contribution in [0.2, 0.25) is 5.02 Å². The van der Waals surface area contributed by atoms with Crippen LogP contribution < -0.4 is 5.32 Å². The van der Waals surface area contributed by atoms with Crippen molar-refractivity contribution in [2.45, 2.75) is 63.3 Å². The van der Waals surface area contributed by atoms with E-state index >= 15 is 0 Å². The number of aromatic nitrogens is 4. The van der Waals surface area contributed by atoms with Crippen molar-refractivity contribution in [1.82, 2.24) is 30.4 Å². The van der Waals surface area contributed by atoms with Gasteiger partial charge in [0.15, 0.2) is 0 Å². The summed E-state index contributed by atoms with van der Waals surface area (Å²) in [5.74, 6) is -0.00597. The normalized spacial score (nSPS) is 18.9. The van der Waals surface area contributed by atoms with Crippen LogP contribution in [0, 0.1) is 0 Å². The minimum Gasteiger partial charge on any atom is -0.376 e. The predicted molar refractivity (Wildman–Crippen MR) is 136 cm³/mol. The van der Waals surface area contributed by atoms with E-state index in [-0.39, 0.29) is 30.5 Å². The molecule has 1 aliphatic heterocycles. The Labute approximate surface area is 218 Å². The maximum Gasteiger partial charge on any atom is 0.248 e. The number of ether oxygens (including phenoxy) is 1. The average Bonchev–Trinajstić information content (AvgIpc) is 3.68. The topological polar surface area (TPSA) is 102 Å². The molecular weight excluding hydrogens is 500 g/mol. The van der Waals surface area contributed by atoms with Gasteiger partial charge in [-0.1, -0.05) is 30.5 Å². The van der Waals surface area contributed by atoms with Crippen molar-refractivity contribution in [3.8, 4) is 11.4 Å². The predicted octanol–water partition coefficient (Wildman–Crippen LogP) is 3.86. The number of thiophene rings is 1.